The number of benzene rings is 1. The molecule has 0 saturated carbocycles. The van der Waals surface area contributed by atoms with Crippen molar-refractivity contribution in [1.29, 1.82) is 0 Å². The van der Waals surface area contributed by atoms with Gasteiger partial charge in [-0.1, -0.05) is 6.07 Å². The summed E-state index contributed by atoms with van der Waals surface area (Å²) in [5, 5.41) is 20.9. The molecule has 7 nitrogen and oxygen atoms in total. The number of carboxylic acid groups (broad SMARTS) is 1. The number of hydrogen-bond acceptors (Lipinski definition) is 5. The van der Waals surface area contributed by atoms with E-state index in [1.54, 1.807) is 6.92 Å². The second-order valence-electron chi connectivity index (χ2n) is 3.86. The van der Waals surface area contributed by atoms with Crippen molar-refractivity contribution in [2.45, 2.75) is 19.8 Å². The Morgan fingerprint density at radius 2 is 1.95 bits per heavy atom. The van der Waals surface area contributed by atoms with E-state index in [0.29, 0.717) is 0 Å². The fraction of sp³-hybridized carbons (Fsp3) is 0.308. The molecule has 0 spiro atoms. The third kappa shape index (κ3) is 4.27. The van der Waals surface area contributed by atoms with Gasteiger partial charge in [-0.3, -0.25) is 9.59 Å². The van der Waals surface area contributed by atoms with Crippen LogP contribution in [-0.2, 0) is 14.3 Å². The molecule has 0 aliphatic rings. The highest BCUT2D eigenvalue weighted by Crippen LogP contribution is 2.27. The van der Waals surface area contributed by atoms with Crippen LogP contribution in [0.2, 0.25) is 0 Å². The van der Waals surface area contributed by atoms with Gasteiger partial charge in [-0.2, -0.15) is 0 Å². The number of aromatic carboxylic acids is 1. The van der Waals surface area contributed by atoms with Gasteiger partial charge in [-0.05, 0) is 19.1 Å². The lowest BCUT2D eigenvalue weighted by Crippen LogP contribution is -2.15. The zero-order valence-electron chi connectivity index (χ0n) is 10.9. The van der Waals surface area contributed by atoms with Gasteiger partial charge in [0.05, 0.1) is 18.7 Å². The van der Waals surface area contributed by atoms with E-state index in [9.17, 15) is 19.5 Å². The van der Waals surface area contributed by atoms with Gasteiger partial charge in [0.1, 0.15) is 5.56 Å². The molecule has 3 N–H and O–H groups in total. The molecule has 0 aliphatic carbocycles. The Morgan fingerprint density at radius 1 is 1.25 bits per heavy atom. The highest BCUT2D eigenvalue weighted by molar-refractivity contribution is 5.98. The van der Waals surface area contributed by atoms with Crippen LogP contribution in [0.3, 0.4) is 0 Å². The quantitative estimate of drug-likeness (QED) is 0.536. The van der Waals surface area contributed by atoms with Gasteiger partial charge in [0.15, 0.2) is 5.75 Å². The third-order valence-electron chi connectivity index (χ3n) is 2.40. The molecule has 1 rings (SSSR count). The minimum atomic E-state index is -1.30. The van der Waals surface area contributed by atoms with E-state index in [1.807, 2.05) is 0 Å². The number of anilines is 1. The number of phenols is 1. The summed E-state index contributed by atoms with van der Waals surface area (Å²) in [4.78, 5) is 33.5. The average molecular weight is 281 g/mol. The number of nitrogens with one attached hydrogen (secondary N) is 1. The monoisotopic (exact) mass is 281 g/mol. The summed E-state index contributed by atoms with van der Waals surface area (Å²) in [7, 11) is 0. The van der Waals surface area contributed by atoms with Crippen LogP contribution in [0.25, 0.3) is 0 Å². The Kier molecular flexibility index (Phi) is 5.52. The molecule has 7 heteroatoms. The topological polar surface area (TPSA) is 113 Å². The molecule has 0 atom stereocenters. The molecular weight excluding hydrogens is 266 g/mol. The zero-order chi connectivity index (χ0) is 15.1. The van der Waals surface area contributed by atoms with Crippen molar-refractivity contribution in [3.05, 3.63) is 23.8 Å². The second-order valence-corrected chi connectivity index (χ2v) is 3.86. The number of ether oxygens (including phenoxy) is 1. The van der Waals surface area contributed by atoms with Crippen molar-refractivity contribution in [2.24, 2.45) is 0 Å². The van der Waals surface area contributed by atoms with E-state index in [0.717, 1.165) is 0 Å². The molecule has 0 heterocycles. The fourth-order valence-corrected chi connectivity index (χ4v) is 1.48. The Labute approximate surface area is 115 Å². The van der Waals surface area contributed by atoms with Gasteiger partial charge in [0.25, 0.3) is 0 Å². The van der Waals surface area contributed by atoms with E-state index in [1.165, 1.54) is 18.2 Å². The summed E-state index contributed by atoms with van der Waals surface area (Å²) in [5.41, 5.74) is -0.327. The van der Waals surface area contributed by atoms with Gasteiger partial charge >= 0.3 is 11.9 Å². The van der Waals surface area contributed by atoms with Gasteiger partial charge in [0, 0.05) is 6.42 Å². The molecule has 1 aromatic carbocycles. The Morgan fingerprint density at radius 3 is 2.55 bits per heavy atom. The SMILES string of the molecule is CCOC(=O)CCC(=O)Nc1cccc(C(=O)O)c1O. The number of esters is 1. The van der Waals surface area contributed by atoms with Crippen LogP contribution >= 0.6 is 0 Å². The first kappa shape index (κ1) is 15.5. The molecule has 108 valence electrons. The lowest BCUT2D eigenvalue weighted by molar-refractivity contribution is -0.144. The first-order chi connectivity index (χ1) is 9.45. The van der Waals surface area contributed by atoms with Gasteiger partial charge in [-0.25, -0.2) is 4.79 Å². The number of hydrogen-bond donors (Lipinski definition) is 3. The summed E-state index contributed by atoms with van der Waals surface area (Å²) in [6.07, 6.45) is -0.200. The molecule has 20 heavy (non-hydrogen) atoms. The van der Waals surface area contributed by atoms with E-state index in [4.69, 9.17) is 5.11 Å². The summed E-state index contributed by atoms with van der Waals surface area (Å²) in [6.45, 7) is 1.90. The summed E-state index contributed by atoms with van der Waals surface area (Å²) >= 11 is 0. The van der Waals surface area contributed by atoms with Gasteiger partial charge < -0.3 is 20.3 Å². The van der Waals surface area contributed by atoms with Crippen LogP contribution in [0.1, 0.15) is 30.1 Å². The van der Waals surface area contributed by atoms with Crippen LogP contribution in [0, 0.1) is 0 Å². The maximum atomic E-state index is 11.6. The number of amides is 1. The minimum Gasteiger partial charge on any atom is -0.505 e. The minimum absolute atomic E-state index is 0.0150. The number of carboxylic acids is 1. The van der Waals surface area contributed by atoms with Gasteiger partial charge in [0.2, 0.25) is 5.91 Å². The second kappa shape index (κ2) is 7.13. The number of para-hydroxylation sites is 1. The van der Waals surface area contributed by atoms with Crippen LogP contribution < -0.4 is 5.32 Å². The molecule has 1 aromatic rings. The standard InChI is InChI=1S/C13H15NO6/c1-2-20-11(16)7-6-10(15)14-9-5-3-4-8(12(9)17)13(18)19/h3-5,17H,2,6-7H2,1H3,(H,14,15)(H,18,19). The zero-order valence-corrected chi connectivity index (χ0v) is 10.9. The Balaban J connectivity index is 2.65. The van der Waals surface area contributed by atoms with Crippen molar-refractivity contribution in [3.8, 4) is 5.75 Å². The summed E-state index contributed by atoms with van der Waals surface area (Å²) in [6, 6.07) is 3.97. The maximum Gasteiger partial charge on any atom is 0.339 e. The van der Waals surface area contributed by atoms with E-state index >= 15 is 0 Å². The largest absolute Gasteiger partial charge is 0.505 e. The Hall–Kier alpha value is -2.57. The van der Waals surface area contributed by atoms with E-state index < -0.39 is 23.6 Å². The van der Waals surface area contributed by atoms with Crippen LogP contribution in [0.5, 0.6) is 5.75 Å². The predicted molar refractivity (Wildman–Crippen MR) is 69.6 cm³/mol. The highest BCUT2D eigenvalue weighted by atomic mass is 16.5. The van der Waals surface area contributed by atoms with Crippen LogP contribution in [0.4, 0.5) is 5.69 Å². The Bertz CT molecular complexity index is 526. The number of carbonyl (C=O) groups excluding carboxylic acids is 2. The van der Waals surface area contributed by atoms with Crippen molar-refractivity contribution in [2.75, 3.05) is 11.9 Å². The smallest absolute Gasteiger partial charge is 0.339 e. The number of aromatic hydroxyl groups is 1. The summed E-state index contributed by atoms with van der Waals surface area (Å²) in [5.74, 6) is -2.84. The maximum absolute atomic E-state index is 11.6. The highest BCUT2D eigenvalue weighted by Gasteiger charge is 2.15. The number of rotatable bonds is 6. The first-order valence-corrected chi connectivity index (χ1v) is 5.96. The predicted octanol–water partition coefficient (Wildman–Crippen LogP) is 1.37. The van der Waals surface area contributed by atoms with Crippen molar-refractivity contribution in [3.63, 3.8) is 0 Å². The summed E-state index contributed by atoms with van der Waals surface area (Å²) < 4.78 is 4.67. The molecule has 0 bridgehead atoms. The number of carbonyl (C=O) groups is 3. The van der Waals surface area contributed by atoms with E-state index in [2.05, 4.69) is 10.1 Å². The third-order valence-corrected chi connectivity index (χ3v) is 2.40. The van der Waals surface area contributed by atoms with Crippen molar-refractivity contribution >= 4 is 23.5 Å². The molecule has 0 radical (unpaired) electrons. The normalized spacial score (nSPS) is 9.85. The molecule has 0 unspecified atom stereocenters. The fourth-order valence-electron chi connectivity index (χ4n) is 1.48. The average Bonchev–Trinajstić information content (AvgIpc) is 2.39. The van der Waals surface area contributed by atoms with E-state index in [-0.39, 0.29) is 30.7 Å². The van der Waals surface area contributed by atoms with Crippen molar-refractivity contribution < 1.29 is 29.3 Å². The molecule has 0 aliphatic heterocycles. The molecular formula is C13H15NO6. The van der Waals surface area contributed by atoms with Crippen molar-refractivity contribution in [1.82, 2.24) is 0 Å². The molecule has 1 amide bonds. The van der Waals surface area contributed by atoms with Gasteiger partial charge in [-0.15, -0.1) is 0 Å². The molecule has 0 aromatic heterocycles. The van der Waals surface area contributed by atoms with Crippen LogP contribution in [-0.4, -0.2) is 34.7 Å². The van der Waals surface area contributed by atoms with Crippen LogP contribution in [0.15, 0.2) is 18.2 Å². The first-order valence-electron chi connectivity index (χ1n) is 5.96. The lowest BCUT2D eigenvalue weighted by atomic mass is 10.1. The molecule has 0 saturated heterocycles. The lowest BCUT2D eigenvalue weighted by Gasteiger charge is -2.08. The molecule has 0 fully saturated rings.